The van der Waals surface area contributed by atoms with E-state index in [9.17, 15) is 0 Å². The number of nitrogens with zero attached hydrogens (tertiary/aromatic N) is 1. The van der Waals surface area contributed by atoms with Gasteiger partial charge in [0.05, 0.1) is 5.52 Å². The molecule has 0 aliphatic rings. The second kappa shape index (κ2) is 5.76. The van der Waals surface area contributed by atoms with Crippen LogP contribution in [0.2, 0.25) is 0 Å². The van der Waals surface area contributed by atoms with E-state index in [0.717, 1.165) is 15.7 Å². The minimum Gasteiger partial charge on any atom is -0.254 e. The van der Waals surface area contributed by atoms with E-state index in [-0.39, 0.29) is 0 Å². The lowest BCUT2D eigenvalue weighted by atomic mass is 10.2. The van der Waals surface area contributed by atoms with E-state index in [0.29, 0.717) is 0 Å². The lowest BCUT2D eigenvalue weighted by Gasteiger charge is -2.04. The van der Waals surface area contributed by atoms with Crippen molar-refractivity contribution in [1.82, 2.24) is 4.98 Å². The van der Waals surface area contributed by atoms with Crippen LogP contribution in [0.4, 0.5) is 0 Å². The number of fused-ring (bicyclic) bond motifs is 1. The molecule has 2 aromatic carbocycles. The minimum absolute atomic E-state index is 0.974. The van der Waals surface area contributed by atoms with E-state index in [1.165, 1.54) is 15.8 Å². The van der Waals surface area contributed by atoms with E-state index in [1.54, 1.807) is 0 Å². The molecule has 0 spiro atoms. The van der Waals surface area contributed by atoms with Gasteiger partial charge in [-0.1, -0.05) is 42.5 Å². The maximum atomic E-state index is 4.53. The molecule has 1 nitrogen and oxygen atoms in total. The Bertz CT molecular complexity index is 697. The first-order chi connectivity index (χ1) is 9.33. The smallest absolute Gasteiger partial charge is 0.0844 e. The maximum Gasteiger partial charge on any atom is 0.0844 e. The van der Waals surface area contributed by atoms with E-state index >= 15 is 0 Å². The van der Waals surface area contributed by atoms with E-state index < -0.39 is 0 Å². The molecule has 0 fully saturated rings. The van der Waals surface area contributed by atoms with Crippen molar-refractivity contribution in [2.45, 2.75) is 10.6 Å². The highest BCUT2D eigenvalue weighted by Crippen LogP contribution is 2.27. The van der Waals surface area contributed by atoms with Crippen molar-refractivity contribution < 1.29 is 0 Å². The van der Waals surface area contributed by atoms with Crippen molar-refractivity contribution in [2.24, 2.45) is 0 Å². The number of benzene rings is 2. The lowest BCUT2D eigenvalue weighted by Crippen LogP contribution is -1.83. The highest BCUT2D eigenvalue weighted by molar-refractivity contribution is 9.10. The first-order valence-electron chi connectivity index (χ1n) is 6.04. The molecule has 0 saturated heterocycles. The largest absolute Gasteiger partial charge is 0.254 e. The van der Waals surface area contributed by atoms with Crippen molar-refractivity contribution in [3.63, 3.8) is 0 Å². The van der Waals surface area contributed by atoms with Crippen molar-refractivity contribution in [3.05, 3.63) is 70.8 Å². The van der Waals surface area contributed by atoms with Gasteiger partial charge in [0.15, 0.2) is 0 Å². The Morgan fingerprint density at radius 1 is 1.00 bits per heavy atom. The fraction of sp³-hybridized carbons (Fsp3) is 0.0625. The van der Waals surface area contributed by atoms with Gasteiger partial charge in [-0.25, -0.2) is 0 Å². The van der Waals surface area contributed by atoms with Crippen LogP contribution in [0, 0.1) is 0 Å². The van der Waals surface area contributed by atoms with Crippen LogP contribution in [0.15, 0.2) is 70.2 Å². The summed E-state index contributed by atoms with van der Waals surface area (Å²) in [7, 11) is 0. The molecular formula is C16H12BrNS. The van der Waals surface area contributed by atoms with Crippen LogP contribution in [0.3, 0.4) is 0 Å². The summed E-state index contributed by atoms with van der Waals surface area (Å²) in [5, 5.41) is 1.17. The van der Waals surface area contributed by atoms with Crippen molar-refractivity contribution >= 4 is 38.6 Å². The van der Waals surface area contributed by atoms with Crippen LogP contribution in [-0.4, -0.2) is 4.98 Å². The lowest BCUT2D eigenvalue weighted by molar-refractivity contribution is 1.29. The molecule has 0 unspecified atom stereocenters. The van der Waals surface area contributed by atoms with Gasteiger partial charge in [-0.2, -0.15) is 0 Å². The molecule has 0 N–H and O–H groups in total. The average Bonchev–Trinajstić information content (AvgIpc) is 2.46. The molecule has 0 amide bonds. The molecule has 94 valence electrons. The van der Waals surface area contributed by atoms with Gasteiger partial charge >= 0.3 is 0 Å². The summed E-state index contributed by atoms with van der Waals surface area (Å²) >= 11 is 5.34. The molecule has 19 heavy (non-hydrogen) atoms. The Morgan fingerprint density at radius 3 is 2.68 bits per heavy atom. The SMILES string of the molecule is Brc1cccc2cc(SCc3ccccc3)cnc12. The molecule has 0 saturated carbocycles. The third kappa shape index (κ3) is 2.99. The second-order valence-electron chi connectivity index (χ2n) is 4.26. The van der Waals surface area contributed by atoms with Crippen LogP contribution in [0.1, 0.15) is 5.56 Å². The molecule has 0 aliphatic carbocycles. The van der Waals surface area contributed by atoms with Gasteiger partial charge < -0.3 is 0 Å². The monoisotopic (exact) mass is 329 g/mol. The predicted molar refractivity (Wildman–Crippen MR) is 85.4 cm³/mol. The molecule has 0 aliphatic heterocycles. The third-order valence-corrected chi connectivity index (χ3v) is 4.56. The number of thioether (sulfide) groups is 1. The number of pyridine rings is 1. The summed E-state index contributed by atoms with van der Waals surface area (Å²) in [5.74, 6) is 0.974. The fourth-order valence-corrected chi connectivity index (χ4v) is 3.27. The summed E-state index contributed by atoms with van der Waals surface area (Å²) in [6.07, 6.45) is 1.95. The number of para-hydroxylation sites is 1. The Morgan fingerprint density at radius 2 is 1.84 bits per heavy atom. The third-order valence-electron chi connectivity index (χ3n) is 2.88. The molecular weight excluding hydrogens is 318 g/mol. The zero-order chi connectivity index (χ0) is 13.1. The van der Waals surface area contributed by atoms with Gasteiger partial charge in [-0.05, 0) is 33.6 Å². The van der Waals surface area contributed by atoms with Crippen LogP contribution in [-0.2, 0) is 5.75 Å². The van der Waals surface area contributed by atoms with E-state index in [1.807, 2.05) is 36.2 Å². The van der Waals surface area contributed by atoms with Crippen molar-refractivity contribution in [2.75, 3.05) is 0 Å². The Kier molecular flexibility index (Phi) is 3.85. The minimum atomic E-state index is 0.974. The summed E-state index contributed by atoms with van der Waals surface area (Å²) < 4.78 is 1.05. The normalized spacial score (nSPS) is 10.8. The van der Waals surface area contributed by atoms with Gasteiger partial charge in [0.1, 0.15) is 0 Å². The Balaban J connectivity index is 1.82. The summed E-state index contributed by atoms with van der Waals surface area (Å²) in [6, 6.07) is 18.9. The van der Waals surface area contributed by atoms with Gasteiger partial charge in [0.2, 0.25) is 0 Å². The number of aromatic nitrogens is 1. The zero-order valence-electron chi connectivity index (χ0n) is 10.2. The summed E-state index contributed by atoms with van der Waals surface area (Å²) in [6.45, 7) is 0. The molecule has 0 bridgehead atoms. The summed E-state index contributed by atoms with van der Waals surface area (Å²) in [4.78, 5) is 5.73. The molecule has 3 heteroatoms. The van der Waals surface area contributed by atoms with Crippen LogP contribution in [0.5, 0.6) is 0 Å². The fourth-order valence-electron chi connectivity index (χ4n) is 1.92. The van der Waals surface area contributed by atoms with Gasteiger partial charge in [0.25, 0.3) is 0 Å². The van der Waals surface area contributed by atoms with Crippen molar-refractivity contribution in [1.29, 1.82) is 0 Å². The Hall–Kier alpha value is -1.32. The highest BCUT2D eigenvalue weighted by Gasteiger charge is 2.02. The molecule has 0 atom stereocenters. The van der Waals surface area contributed by atoms with Gasteiger partial charge in [-0.3, -0.25) is 4.98 Å². The molecule has 3 rings (SSSR count). The van der Waals surface area contributed by atoms with E-state index in [4.69, 9.17) is 0 Å². The van der Waals surface area contributed by atoms with Crippen LogP contribution < -0.4 is 0 Å². The summed E-state index contributed by atoms with van der Waals surface area (Å²) in [5.41, 5.74) is 2.36. The van der Waals surface area contributed by atoms with E-state index in [2.05, 4.69) is 57.3 Å². The van der Waals surface area contributed by atoms with Crippen LogP contribution >= 0.6 is 27.7 Å². The average molecular weight is 330 g/mol. The quantitative estimate of drug-likeness (QED) is 0.605. The topological polar surface area (TPSA) is 12.9 Å². The zero-order valence-corrected chi connectivity index (χ0v) is 12.6. The standard InChI is InChI=1S/C16H12BrNS/c17-15-8-4-7-13-9-14(10-18-16(13)15)19-11-12-5-2-1-3-6-12/h1-10H,11H2. The molecule has 1 heterocycles. The second-order valence-corrected chi connectivity index (χ2v) is 6.16. The Labute approximate surface area is 125 Å². The highest BCUT2D eigenvalue weighted by atomic mass is 79.9. The van der Waals surface area contributed by atoms with Crippen molar-refractivity contribution in [3.8, 4) is 0 Å². The van der Waals surface area contributed by atoms with Crippen LogP contribution in [0.25, 0.3) is 10.9 Å². The molecule has 3 aromatic rings. The maximum absolute atomic E-state index is 4.53. The van der Waals surface area contributed by atoms with Gasteiger partial charge in [-0.15, -0.1) is 11.8 Å². The first kappa shape index (κ1) is 12.7. The molecule has 0 radical (unpaired) electrons. The molecule has 1 aromatic heterocycles. The van der Waals surface area contributed by atoms with Gasteiger partial charge in [0, 0.05) is 26.7 Å². The predicted octanol–water partition coefficient (Wildman–Crippen LogP) is 5.29. The number of hydrogen-bond acceptors (Lipinski definition) is 2. The number of rotatable bonds is 3. The number of halogens is 1. The first-order valence-corrected chi connectivity index (χ1v) is 7.82. The number of hydrogen-bond donors (Lipinski definition) is 0.